The number of methoxy groups -OCH3 is 1. The first-order chi connectivity index (χ1) is 29.6. The van der Waals surface area contributed by atoms with Gasteiger partial charge < -0.3 is 44.2 Å². The predicted molar refractivity (Wildman–Crippen MR) is 226 cm³/mol. The zero-order chi connectivity index (χ0) is 45.3. The van der Waals surface area contributed by atoms with Crippen molar-refractivity contribution in [3.8, 4) is 11.1 Å². The first-order valence-electron chi connectivity index (χ1n) is 20.1. The number of nitrogens with zero attached hydrogens (tertiary/aromatic N) is 2. The highest BCUT2D eigenvalue weighted by Gasteiger charge is 2.27. The molecule has 2 unspecified atom stereocenters. The average Bonchev–Trinajstić information content (AvgIpc) is 4.07. The summed E-state index contributed by atoms with van der Waals surface area (Å²) in [5.74, 6) is -3.40. The first-order valence-corrected chi connectivity index (χ1v) is 20.1. The van der Waals surface area contributed by atoms with Crippen molar-refractivity contribution >= 4 is 47.6 Å². The second kappa shape index (κ2) is 23.6. The van der Waals surface area contributed by atoms with E-state index in [9.17, 15) is 28.8 Å². The third-order valence-corrected chi connectivity index (χ3v) is 9.23. The molecule has 1 fully saturated rings. The number of hydrogen-bond donors (Lipinski definition) is 2. The lowest BCUT2D eigenvalue weighted by molar-refractivity contribution is -0.171. The SMILES string of the molecule is C=Cc1cc(C(=O)Cc2ccc(C(N)=NC(=O)OC(C)OC(=O)COCCOCCOC)cc2)c(-c2ccc(C(=O)NCC3CC3)nc2C(=O)OC(C)OC(=O)C(C)C)cc1C. The Morgan fingerprint density at radius 2 is 1.55 bits per heavy atom. The van der Waals surface area contributed by atoms with Crippen LogP contribution in [0.4, 0.5) is 4.79 Å². The Kier molecular flexibility index (Phi) is 18.4. The maximum absolute atomic E-state index is 14.2. The minimum atomic E-state index is -1.28. The fraction of sp³-hybridized carbons (Fsp3) is 0.422. The van der Waals surface area contributed by atoms with E-state index < -0.39 is 48.4 Å². The molecule has 2 atom stereocenters. The van der Waals surface area contributed by atoms with Crippen LogP contribution in [0.2, 0.25) is 0 Å². The zero-order valence-electron chi connectivity index (χ0n) is 35.9. The summed E-state index contributed by atoms with van der Waals surface area (Å²) >= 11 is 0. The molecule has 1 aliphatic rings. The van der Waals surface area contributed by atoms with Crippen molar-refractivity contribution < 1.29 is 61.9 Å². The van der Waals surface area contributed by atoms with Gasteiger partial charge >= 0.3 is 24.0 Å². The summed E-state index contributed by atoms with van der Waals surface area (Å²) < 4.78 is 36.1. The number of ether oxygens (including phenoxy) is 7. The smallest absolute Gasteiger partial charge is 0.425 e. The fourth-order valence-electron chi connectivity index (χ4n) is 5.70. The van der Waals surface area contributed by atoms with Crippen LogP contribution in [0.25, 0.3) is 17.2 Å². The number of aryl methyl sites for hydroxylation is 1. The number of ketones is 1. The highest BCUT2D eigenvalue weighted by molar-refractivity contribution is 6.07. The summed E-state index contributed by atoms with van der Waals surface area (Å²) in [7, 11) is 1.55. The van der Waals surface area contributed by atoms with E-state index >= 15 is 0 Å². The molecule has 2 amide bonds. The molecule has 1 aromatic heterocycles. The molecule has 0 aliphatic heterocycles. The van der Waals surface area contributed by atoms with Gasteiger partial charge in [-0.3, -0.25) is 14.4 Å². The molecule has 17 heteroatoms. The van der Waals surface area contributed by atoms with Gasteiger partial charge in [-0.2, -0.15) is 4.99 Å². The number of aliphatic imine (C=N–C) groups is 1. The summed E-state index contributed by atoms with van der Waals surface area (Å²) in [4.78, 5) is 85.9. The second-order valence-corrected chi connectivity index (χ2v) is 14.7. The predicted octanol–water partition coefficient (Wildman–Crippen LogP) is 5.38. The first kappa shape index (κ1) is 48.4. The average molecular weight is 859 g/mol. The molecule has 4 rings (SSSR count). The lowest BCUT2D eigenvalue weighted by Crippen LogP contribution is -2.28. The number of hydrogen-bond acceptors (Lipinski definition) is 14. The second-order valence-electron chi connectivity index (χ2n) is 14.7. The van der Waals surface area contributed by atoms with Crippen LogP contribution in [0.15, 0.2) is 60.1 Å². The zero-order valence-corrected chi connectivity index (χ0v) is 35.9. The Balaban J connectivity index is 1.50. The molecule has 3 aromatic rings. The molecule has 17 nitrogen and oxygen atoms in total. The molecule has 2 aromatic carbocycles. The third kappa shape index (κ3) is 15.0. The number of nitrogens with two attached hydrogens (primary N) is 1. The molecule has 62 heavy (non-hydrogen) atoms. The molecule has 0 spiro atoms. The molecule has 1 heterocycles. The number of amidine groups is 1. The van der Waals surface area contributed by atoms with Gasteiger partial charge in [-0.25, -0.2) is 19.4 Å². The summed E-state index contributed by atoms with van der Waals surface area (Å²) in [6.07, 6.45) is -0.120. The van der Waals surface area contributed by atoms with Crippen molar-refractivity contribution in [3.63, 3.8) is 0 Å². The van der Waals surface area contributed by atoms with Crippen molar-refractivity contribution in [1.82, 2.24) is 10.3 Å². The van der Waals surface area contributed by atoms with Crippen LogP contribution in [-0.4, -0.2) is 106 Å². The maximum Gasteiger partial charge on any atom is 0.438 e. The van der Waals surface area contributed by atoms with E-state index in [1.54, 1.807) is 63.4 Å². The number of amides is 2. The van der Waals surface area contributed by atoms with E-state index in [1.165, 1.54) is 26.0 Å². The molecule has 3 N–H and O–H groups in total. The Bertz CT molecular complexity index is 2130. The molecular weight excluding hydrogens is 805 g/mol. The van der Waals surface area contributed by atoms with Crippen LogP contribution >= 0.6 is 0 Å². The normalized spacial score (nSPS) is 13.4. The monoisotopic (exact) mass is 858 g/mol. The highest BCUT2D eigenvalue weighted by atomic mass is 16.7. The fourth-order valence-corrected chi connectivity index (χ4v) is 5.70. The van der Waals surface area contributed by atoms with Gasteiger partial charge in [0.2, 0.25) is 12.6 Å². The number of carbonyl (C=O) groups is 6. The highest BCUT2D eigenvalue weighted by Crippen LogP contribution is 2.32. The van der Waals surface area contributed by atoms with Crippen LogP contribution in [-0.2, 0) is 49.2 Å². The van der Waals surface area contributed by atoms with Gasteiger partial charge in [-0.15, -0.1) is 0 Å². The van der Waals surface area contributed by atoms with Crippen molar-refractivity contribution in [1.29, 1.82) is 0 Å². The largest absolute Gasteiger partial charge is 0.438 e. The number of nitrogens with one attached hydrogen (secondary N) is 1. The van der Waals surface area contributed by atoms with Gasteiger partial charge in [0.15, 0.2) is 11.5 Å². The molecule has 1 saturated carbocycles. The van der Waals surface area contributed by atoms with Gasteiger partial charge in [0.25, 0.3) is 5.91 Å². The number of rotatable bonds is 23. The quantitative estimate of drug-likeness (QED) is 0.0305. The number of carbonyl (C=O) groups excluding carboxylic acids is 6. The van der Waals surface area contributed by atoms with Crippen molar-refractivity contribution in [2.24, 2.45) is 22.6 Å². The number of benzene rings is 2. The molecule has 0 saturated heterocycles. The van der Waals surface area contributed by atoms with Crippen LogP contribution in [0.3, 0.4) is 0 Å². The molecule has 332 valence electrons. The van der Waals surface area contributed by atoms with Crippen LogP contribution in [0, 0.1) is 18.8 Å². The minimum absolute atomic E-state index is 0.0351. The molecule has 1 aliphatic carbocycles. The van der Waals surface area contributed by atoms with Crippen molar-refractivity contribution in [2.45, 2.75) is 66.5 Å². The third-order valence-electron chi connectivity index (χ3n) is 9.23. The maximum atomic E-state index is 14.2. The van der Waals surface area contributed by atoms with Gasteiger partial charge in [0, 0.05) is 50.6 Å². The minimum Gasteiger partial charge on any atom is -0.425 e. The lowest BCUT2D eigenvalue weighted by atomic mass is 9.89. The van der Waals surface area contributed by atoms with Crippen LogP contribution in [0.5, 0.6) is 0 Å². The van der Waals surface area contributed by atoms with E-state index in [0.717, 1.165) is 18.4 Å². The van der Waals surface area contributed by atoms with E-state index in [1.807, 2.05) is 6.92 Å². The van der Waals surface area contributed by atoms with Gasteiger partial charge in [0.1, 0.15) is 18.1 Å². The van der Waals surface area contributed by atoms with E-state index in [2.05, 4.69) is 21.9 Å². The van der Waals surface area contributed by atoms with Gasteiger partial charge in [-0.05, 0) is 66.1 Å². The number of esters is 3. The summed E-state index contributed by atoms with van der Waals surface area (Å²) in [6.45, 7) is 13.0. The summed E-state index contributed by atoms with van der Waals surface area (Å²) in [5.41, 5.74) is 8.89. The molecule has 0 radical (unpaired) electrons. The Labute approximate surface area is 360 Å². The Morgan fingerprint density at radius 3 is 2.21 bits per heavy atom. The molecule has 0 bridgehead atoms. The van der Waals surface area contributed by atoms with Gasteiger partial charge in [0.05, 0.1) is 32.3 Å². The van der Waals surface area contributed by atoms with Crippen molar-refractivity contribution in [3.05, 3.63) is 94.3 Å². The number of Topliss-reactive ketones (excluding diaryl/α,β-unsaturated/α-hetero) is 1. The topological polar surface area (TPSA) is 230 Å². The summed E-state index contributed by atoms with van der Waals surface area (Å²) in [6, 6.07) is 12.8. The van der Waals surface area contributed by atoms with Gasteiger partial charge in [-0.1, -0.05) is 56.8 Å². The van der Waals surface area contributed by atoms with Crippen molar-refractivity contribution in [2.75, 3.05) is 46.7 Å². The summed E-state index contributed by atoms with van der Waals surface area (Å²) in [5, 5.41) is 2.84. The van der Waals surface area contributed by atoms with Crippen LogP contribution in [0.1, 0.15) is 94.1 Å². The van der Waals surface area contributed by atoms with Crippen LogP contribution < -0.4 is 11.1 Å². The number of pyridine rings is 1. The lowest BCUT2D eigenvalue weighted by Gasteiger charge is -2.18. The standard InChI is InChI=1S/C45H54N4O13/c1-8-32-23-36(38(50)22-30-11-13-33(14-12-30)41(46)49-45(55)62-28(5)59-39(51)25-58-20-19-57-18-17-56-7)35(21-27(32)4)34-15-16-37(42(52)47-24-31-9-10-31)48-40(34)44(54)61-29(6)60-43(53)26(2)3/h8,11-16,21,23,26,28-29,31H,1,9-10,17-20,22,24-25H2,2-7H3,(H,47,52)(H2,46,49,55). The van der Waals surface area contributed by atoms with E-state index in [-0.39, 0.29) is 60.4 Å². The molecular formula is C45H54N4O13. The van der Waals surface area contributed by atoms with E-state index in [0.29, 0.717) is 47.9 Å². The van der Waals surface area contributed by atoms with E-state index in [4.69, 9.17) is 38.9 Å². The Hall–Kier alpha value is -6.30. The Morgan fingerprint density at radius 1 is 0.871 bits per heavy atom. The number of aromatic nitrogens is 1.